The van der Waals surface area contributed by atoms with E-state index in [0.717, 1.165) is 12.8 Å². The third-order valence-electron chi connectivity index (χ3n) is 2.81. The first kappa shape index (κ1) is 13.6. The van der Waals surface area contributed by atoms with Gasteiger partial charge in [0.15, 0.2) is 0 Å². The Morgan fingerprint density at radius 2 is 2.12 bits per heavy atom. The first-order valence-corrected chi connectivity index (χ1v) is 7.46. The molecule has 0 aromatic heterocycles. The van der Waals surface area contributed by atoms with Crippen LogP contribution in [0, 0.1) is 0 Å². The summed E-state index contributed by atoms with van der Waals surface area (Å²) in [5, 5.41) is 2.93. The molecule has 0 aromatic rings. The van der Waals surface area contributed by atoms with Crippen LogP contribution in [0.15, 0.2) is 0 Å². The minimum atomic E-state index is -1.06. The van der Waals surface area contributed by atoms with Crippen molar-refractivity contribution in [1.82, 2.24) is 5.32 Å². The standard InChI is InChI=1S/C11H22N2O2S/c1-9(12)6-7-16(15)8-11(14)13-10-4-2-3-5-10/h9-10H,2-8,12H2,1H3,(H,13,14). The fourth-order valence-electron chi connectivity index (χ4n) is 1.88. The smallest absolute Gasteiger partial charge is 0.232 e. The highest BCUT2D eigenvalue weighted by Gasteiger charge is 2.18. The van der Waals surface area contributed by atoms with Crippen molar-refractivity contribution in [3.05, 3.63) is 0 Å². The van der Waals surface area contributed by atoms with Crippen molar-refractivity contribution < 1.29 is 9.00 Å². The van der Waals surface area contributed by atoms with Crippen molar-refractivity contribution in [3.8, 4) is 0 Å². The van der Waals surface area contributed by atoms with Crippen molar-refractivity contribution in [3.63, 3.8) is 0 Å². The highest BCUT2D eigenvalue weighted by molar-refractivity contribution is 7.85. The molecule has 2 atom stereocenters. The number of carbonyl (C=O) groups excluding carboxylic acids is 1. The second-order valence-corrected chi connectivity index (χ2v) is 6.18. The summed E-state index contributed by atoms with van der Waals surface area (Å²) in [5.74, 6) is 0.578. The molecule has 94 valence electrons. The predicted octanol–water partition coefficient (Wildman–Crippen LogP) is 0.531. The molecule has 1 aliphatic carbocycles. The fraction of sp³-hybridized carbons (Fsp3) is 0.909. The molecule has 16 heavy (non-hydrogen) atoms. The minimum absolute atomic E-state index is 0.0573. The second-order valence-electron chi connectivity index (χ2n) is 4.60. The Morgan fingerprint density at radius 1 is 1.50 bits per heavy atom. The first-order valence-electron chi connectivity index (χ1n) is 5.98. The molecule has 1 aliphatic rings. The Kier molecular flexibility index (Phi) is 5.98. The van der Waals surface area contributed by atoms with E-state index < -0.39 is 10.8 Å². The van der Waals surface area contributed by atoms with E-state index in [-0.39, 0.29) is 17.7 Å². The molecule has 5 heteroatoms. The molecule has 0 radical (unpaired) electrons. The van der Waals surface area contributed by atoms with E-state index in [1.807, 2.05) is 6.92 Å². The molecule has 0 heterocycles. The maximum Gasteiger partial charge on any atom is 0.232 e. The Hall–Kier alpha value is -0.420. The highest BCUT2D eigenvalue weighted by Crippen LogP contribution is 2.17. The van der Waals surface area contributed by atoms with Gasteiger partial charge in [-0.1, -0.05) is 12.8 Å². The maximum atomic E-state index is 11.5. The summed E-state index contributed by atoms with van der Waals surface area (Å²) >= 11 is 0. The summed E-state index contributed by atoms with van der Waals surface area (Å²) in [6.45, 7) is 1.88. The molecular formula is C11H22N2O2S. The predicted molar refractivity (Wildman–Crippen MR) is 66.5 cm³/mol. The minimum Gasteiger partial charge on any atom is -0.353 e. The van der Waals surface area contributed by atoms with Gasteiger partial charge in [0.25, 0.3) is 0 Å². The SMILES string of the molecule is CC(N)CCS(=O)CC(=O)NC1CCCC1. The van der Waals surface area contributed by atoms with Crippen LogP contribution in [0.4, 0.5) is 0 Å². The maximum absolute atomic E-state index is 11.5. The molecular weight excluding hydrogens is 224 g/mol. The quantitative estimate of drug-likeness (QED) is 0.718. The molecule has 0 aliphatic heterocycles. The van der Waals surface area contributed by atoms with Crippen molar-refractivity contribution in [2.24, 2.45) is 5.73 Å². The van der Waals surface area contributed by atoms with E-state index in [0.29, 0.717) is 18.2 Å². The van der Waals surface area contributed by atoms with Gasteiger partial charge in [0.2, 0.25) is 5.91 Å². The van der Waals surface area contributed by atoms with Gasteiger partial charge in [-0.2, -0.15) is 0 Å². The van der Waals surface area contributed by atoms with Gasteiger partial charge in [-0.25, -0.2) is 0 Å². The second kappa shape index (κ2) is 7.01. The topological polar surface area (TPSA) is 72.2 Å². The van der Waals surface area contributed by atoms with Gasteiger partial charge in [-0.05, 0) is 26.2 Å². The molecule has 1 saturated carbocycles. The van der Waals surface area contributed by atoms with E-state index in [2.05, 4.69) is 5.32 Å². The molecule has 0 saturated heterocycles. The Labute approximate surface area is 99.8 Å². The van der Waals surface area contributed by atoms with Crippen LogP contribution in [0.5, 0.6) is 0 Å². The number of carbonyl (C=O) groups is 1. The first-order chi connectivity index (χ1) is 7.58. The number of nitrogens with one attached hydrogen (secondary N) is 1. The van der Waals surface area contributed by atoms with Crippen LogP contribution in [0.25, 0.3) is 0 Å². The van der Waals surface area contributed by atoms with E-state index in [4.69, 9.17) is 5.73 Å². The normalized spacial score (nSPS) is 20.6. The summed E-state index contributed by atoms with van der Waals surface area (Å²) in [5.41, 5.74) is 5.57. The number of amides is 1. The molecule has 0 aromatic carbocycles. The fourth-order valence-corrected chi connectivity index (χ4v) is 3.03. The van der Waals surface area contributed by atoms with Gasteiger partial charge >= 0.3 is 0 Å². The van der Waals surface area contributed by atoms with Crippen molar-refractivity contribution >= 4 is 16.7 Å². The largest absolute Gasteiger partial charge is 0.353 e. The van der Waals surface area contributed by atoms with E-state index in [9.17, 15) is 9.00 Å². The molecule has 1 rings (SSSR count). The highest BCUT2D eigenvalue weighted by atomic mass is 32.2. The average Bonchev–Trinajstić information content (AvgIpc) is 2.67. The number of hydrogen-bond donors (Lipinski definition) is 2. The van der Waals surface area contributed by atoms with Crippen LogP contribution in [-0.4, -0.2) is 33.7 Å². The Balaban J connectivity index is 2.15. The number of hydrogen-bond acceptors (Lipinski definition) is 3. The van der Waals surface area contributed by atoms with Crippen LogP contribution in [0.2, 0.25) is 0 Å². The molecule has 1 amide bonds. The summed E-state index contributed by atoms with van der Waals surface area (Å²) in [6, 6.07) is 0.375. The van der Waals surface area contributed by atoms with Gasteiger partial charge < -0.3 is 11.1 Å². The Morgan fingerprint density at radius 3 is 2.69 bits per heavy atom. The average molecular weight is 246 g/mol. The molecule has 4 nitrogen and oxygen atoms in total. The van der Waals surface area contributed by atoms with E-state index in [1.165, 1.54) is 12.8 Å². The Bertz CT molecular complexity index is 250. The van der Waals surface area contributed by atoms with Gasteiger partial charge in [0.1, 0.15) is 5.75 Å². The van der Waals surface area contributed by atoms with Gasteiger partial charge in [-0.15, -0.1) is 0 Å². The lowest BCUT2D eigenvalue weighted by Gasteiger charge is -2.11. The van der Waals surface area contributed by atoms with Gasteiger partial charge in [0.05, 0.1) is 0 Å². The van der Waals surface area contributed by atoms with Gasteiger partial charge in [-0.3, -0.25) is 9.00 Å². The molecule has 0 bridgehead atoms. The lowest BCUT2D eigenvalue weighted by atomic mass is 10.2. The summed E-state index contributed by atoms with van der Waals surface area (Å²) in [4.78, 5) is 11.5. The lowest BCUT2D eigenvalue weighted by Crippen LogP contribution is -2.36. The van der Waals surface area contributed by atoms with Gasteiger partial charge in [0, 0.05) is 28.6 Å². The molecule has 0 spiro atoms. The van der Waals surface area contributed by atoms with Crippen molar-refractivity contribution in [1.29, 1.82) is 0 Å². The number of nitrogens with two attached hydrogens (primary N) is 1. The van der Waals surface area contributed by atoms with Crippen molar-refractivity contribution in [2.45, 2.75) is 51.1 Å². The lowest BCUT2D eigenvalue weighted by molar-refractivity contribution is -0.119. The van der Waals surface area contributed by atoms with Crippen LogP contribution in [-0.2, 0) is 15.6 Å². The summed E-state index contributed by atoms with van der Waals surface area (Å²) in [6.07, 6.45) is 5.23. The van der Waals surface area contributed by atoms with Crippen LogP contribution in [0.1, 0.15) is 39.0 Å². The van der Waals surface area contributed by atoms with Crippen LogP contribution >= 0.6 is 0 Å². The van der Waals surface area contributed by atoms with E-state index in [1.54, 1.807) is 0 Å². The zero-order valence-corrected chi connectivity index (χ0v) is 10.7. The summed E-state index contributed by atoms with van der Waals surface area (Å²) < 4.78 is 11.5. The zero-order valence-electron chi connectivity index (χ0n) is 9.91. The number of rotatable bonds is 6. The molecule has 3 N–H and O–H groups in total. The summed E-state index contributed by atoms with van der Waals surface area (Å²) in [7, 11) is -1.06. The third-order valence-corrected chi connectivity index (χ3v) is 4.09. The monoisotopic (exact) mass is 246 g/mol. The molecule has 1 fully saturated rings. The van der Waals surface area contributed by atoms with Crippen molar-refractivity contribution in [2.75, 3.05) is 11.5 Å². The zero-order chi connectivity index (χ0) is 12.0. The van der Waals surface area contributed by atoms with Crippen LogP contribution in [0.3, 0.4) is 0 Å². The third kappa shape index (κ3) is 5.61. The van der Waals surface area contributed by atoms with E-state index >= 15 is 0 Å². The van der Waals surface area contributed by atoms with Crippen LogP contribution < -0.4 is 11.1 Å². The molecule has 2 unspecified atom stereocenters.